The van der Waals surface area contributed by atoms with Gasteiger partial charge in [-0.25, -0.2) is 8.42 Å². The van der Waals surface area contributed by atoms with Gasteiger partial charge in [0.2, 0.25) is 10.0 Å². The van der Waals surface area contributed by atoms with Crippen molar-refractivity contribution in [2.24, 2.45) is 0 Å². The average Bonchev–Trinajstić information content (AvgIpc) is 3.10. The molecule has 5 nitrogen and oxygen atoms in total. The van der Waals surface area contributed by atoms with Crippen molar-refractivity contribution in [2.45, 2.75) is 56.3 Å². The predicted octanol–water partition coefficient (Wildman–Crippen LogP) is 2.56. The highest BCUT2D eigenvalue weighted by Gasteiger charge is 2.40. The van der Waals surface area contributed by atoms with Crippen LogP contribution >= 0.6 is 0 Å². The molecule has 6 heteroatoms. The van der Waals surface area contributed by atoms with Gasteiger partial charge in [0.1, 0.15) is 0 Å². The molecule has 3 rings (SSSR count). The van der Waals surface area contributed by atoms with Gasteiger partial charge in [-0.1, -0.05) is 31.9 Å². The van der Waals surface area contributed by atoms with E-state index in [2.05, 4.69) is 6.92 Å². The summed E-state index contributed by atoms with van der Waals surface area (Å²) in [6.07, 6.45) is 4.28. The molecular weight excluding hydrogens is 314 g/mol. The van der Waals surface area contributed by atoms with Crippen LogP contribution in [0, 0.1) is 0 Å². The molecule has 0 amide bonds. The van der Waals surface area contributed by atoms with Crippen molar-refractivity contribution in [1.29, 1.82) is 0 Å². The fourth-order valence-electron chi connectivity index (χ4n) is 3.35. The van der Waals surface area contributed by atoms with Gasteiger partial charge in [0.05, 0.1) is 24.2 Å². The van der Waals surface area contributed by atoms with Crippen LogP contribution in [0.1, 0.15) is 38.2 Å². The first kappa shape index (κ1) is 16.9. The second kappa shape index (κ2) is 7.30. The third kappa shape index (κ3) is 3.60. The minimum atomic E-state index is -3.51. The van der Waals surface area contributed by atoms with Crippen LogP contribution in [0.2, 0.25) is 0 Å². The molecule has 2 fully saturated rings. The van der Waals surface area contributed by atoms with Gasteiger partial charge in [-0.2, -0.15) is 4.31 Å². The molecule has 1 atom stereocenters. The number of hydrogen-bond donors (Lipinski definition) is 0. The van der Waals surface area contributed by atoms with Crippen LogP contribution in [0.4, 0.5) is 0 Å². The van der Waals surface area contributed by atoms with Crippen molar-refractivity contribution in [2.75, 3.05) is 19.8 Å². The van der Waals surface area contributed by atoms with E-state index < -0.39 is 16.3 Å². The predicted molar refractivity (Wildman–Crippen MR) is 87.7 cm³/mol. The fourth-order valence-corrected chi connectivity index (χ4v) is 5.03. The summed E-state index contributed by atoms with van der Waals surface area (Å²) in [5.41, 5.74) is 1.17. The lowest BCUT2D eigenvalue weighted by Gasteiger charge is -2.36. The van der Waals surface area contributed by atoms with E-state index in [1.807, 2.05) is 12.1 Å². The largest absolute Gasteiger partial charge is 0.349 e. The summed E-state index contributed by atoms with van der Waals surface area (Å²) in [5.74, 6) is 0. The molecule has 0 unspecified atom stereocenters. The minimum absolute atomic E-state index is 0.216. The van der Waals surface area contributed by atoms with Crippen LogP contribution in [0.25, 0.3) is 0 Å². The van der Waals surface area contributed by atoms with E-state index in [9.17, 15) is 8.42 Å². The standard InChI is InChI=1S/C17H25NO4S/c1-2-5-14-7-9-15(10-8-14)23(19,20)18-11-4-3-6-16(18)17-21-12-13-22-17/h7-10,16-17H,2-6,11-13H2,1H3/t16-/m1/s1. The number of piperidine rings is 1. The summed E-state index contributed by atoms with van der Waals surface area (Å²) in [5, 5.41) is 0. The SMILES string of the molecule is CCCc1ccc(S(=O)(=O)N2CCCC[C@@H]2C2OCCO2)cc1. The third-order valence-electron chi connectivity index (χ3n) is 4.53. The number of aryl methyl sites for hydroxylation is 1. The molecule has 2 aliphatic rings. The van der Waals surface area contributed by atoms with Gasteiger partial charge in [-0.3, -0.25) is 0 Å². The average molecular weight is 339 g/mol. The van der Waals surface area contributed by atoms with Crippen molar-refractivity contribution in [3.63, 3.8) is 0 Å². The molecule has 0 N–H and O–H groups in total. The van der Waals surface area contributed by atoms with Crippen LogP contribution in [-0.4, -0.2) is 44.8 Å². The molecule has 2 aliphatic heterocycles. The third-order valence-corrected chi connectivity index (χ3v) is 6.47. The van der Waals surface area contributed by atoms with E-state index in [1.54, 1.807) is 16.4 Å². The summed E-state index contributed by atoms with van der Waals surface area (Å²) >= 11 is 0. The Kier molecular flexibility index (Phi) is 5.36. The fraction of sp³-hybridized carbons (Fsp3) is 0.647. The Morgan fingerprint density at radius 3 is 2.48 bits per heavy atom. The van der Waals surface area contributed by atoms with Crippen molar-refractivity contribution >= 4 is 10.0 Å². The topological polar surface area (TPSA) is 55.8 Å². The molecular formula is C17H25NO4S. The van der Waals surface area contributed by atoms with E-state index >= 15 is 0 Å². The monoisotopic (exact) mass is 339 g/mol. The number of rotatable bonds is 5. The summed E-state index contributed by atoms with van der Waals surface area (Å²) in [6, 6.07) is 7.06. The maximum absolute atomic E-state index is 13.0. The molecule has 0 aromatic heterocycles. The first-order valence-electron chi connectivity index (χ1n) is 8.47. The summed E-state index contributed by atoms with van der Waals surface area (Å²) in [4.78, 5) is 0.363. The highest BCUT2D eigenvalue weighted by molar-refractivity contribution is 7.89. The molecule has 0 radical (unpaired) electrons. The highest BCUT2D eigenvalue weighted by Crippen LogP contribution is 2.30. The van der Waals surface area contributed by atoms with Gasteiger partial charge < -0.3 is 9.47 Å². The second-order valence-corrected chi connectivity index (χ2v) is 8.07. The zero-order valence-electron chi connectivity index (χ0n) is 13.6. The summed E-state index contributed by atoms with van der Waals surface area (Å²) < 4.78 is 38.8. The van der Waals surface area contributed by atoms with Crippen molar-refractivity contribution < 1.29 is 17.9 Å². The smallest absolute Gasteiger partial charge is 0.243 e. The molecule has 0 saturated carbocycles. The van der Waals surface area contributed by atoms with E-state index in [1.165, 1.54) is 5.56 Å². The van der Waals surface area contributed by atoms with Gasteiger partial charge >= 0.3 is 0 Å². The summed E-state index contributed by atoms with van der Waals surface area (Å²) in [7, 11) is -3.51. The zero-order valence-corrected chi connectivity index (χ0v) is 14.4. The van der Waals surface area contributed by atoms with Gasteiger partial charge in [0.15, 0.2) is 6.29 Å². The number of ether oxygens (including phenoxy) is 2. The van der Waals surface area contributed by atoms with Crippen molar-refractivity contribution in [3.8, 4) is 0 Å². The Hall–Kier alpha value is -0.950. The number of hydrogen-bond acceptors (Lipinski definition) is 4. The molecule has 2 saturated heterocycles. The molecule has 0 spiro atoms. The molecule has 0 bridgehead atoms. The Bertz CT molecular complexity index is 608. The quantitative estimate of drug-likeness (QED) is 0.827. The maximum Gasteiger partial charge on any atom is 0.243 e. The summed E-state index contributed by atoms with van der Waals surface area (Å²) in [6.45, 7) is 3.74. The second-order valence-electron chi connectivity index (χ2n) is 6.18. The van der Waals surface area contributed by atoms with Crippen LogP contribution in [0.15, 0.2) is 29.2 Å². The maximum atomic E-state index is 13.0. The zero-order chi connectivity index (χ0) is 16.3. The van der Waals surface area contributed by atoms with Crippen molar-refractivity contribution in [1.82, 2.24) is 4.31 Å². The van der Waals surface area contributed by atoms with Crippen LogP contribution in [0.3, 0.4) is 0 Å². The van der Waals surface area contributed by atoms with Gasteiger partial charge in [-0.05, 0) is 37.0 Å². The highest BCUT2D eigenvalue weighted by atomic mass is 32.2. The van der Waals surface area contributed by atoms with Gasteiger partial charge in [0.25, 0.3) is 0 Å². The first-order chi connectivity index (χ1) is 11.1. The Morgan fingerprint density at radius 1 is 1.13 bits per heavy atom. The van der Waals surface area contributed by atoms with Crippen molar-refractivity contribution in [3.05, 3.63) is 29.8 Å². The Labute approximate surface area is 138 Å². The molecule has 1 aromatic rings. The normalized spacial score (nSPS) is 24.1. The van der Waals surface area contributed by atoms with E-state index in [0.717, 1.165) is 32.1 Å². The number of benzene rings is 1. The molecule has 2 heterocycles. The van der Waals surface area contributed by atoms with Gasteiger partial charge in [0, 0.05) is 6.54 Å². The van der Waals surface area contributed by atoms with Crippen LogP contribution in [-0.2, 0) is 25.9 Å². The van der Waals surface area contributed by atoms with Gasteiger partial charge in [-0.15, -0.1) is 0 Å². The molecule has 0 aliphatic carbocycles. The Balaban J connectivity index is 1.83. The lowest BCUT2D eigenvalue weighted by molar-refractivity contribution is -0.0913. The number of sulfonamides is 1. The van der Waals surface area contributed by atoms with Crippen LogP contribution < -0.4 is 0 Å². The molecule has 1 aromatic carbocycles. The minimum Gasteiger partial charge on any atom is -0.349 e. The first-order valence-corrected chi connectivity index (χ1v) is 9.91. The van der Waals surface area contributed by atoms with E-state index in [4.69, 9.17) is 9.47 Å². The lowest BCUT2D eigenvalue weighted by atomic mass is 10.0. The lowest BCUT2D eigenvalue weighted by Crippen LogP contribution is -2.50. The van der Waals surface area contributed by atoms with Crippen LogP contribution in [0.5, 0.6) is 0 Å². The van der Waals surface area contributed by atoms with E-state index in [0.29, 0.717) is 24.7 Å². The molecule has 23 heavy (non-hydrogen) atoms. The van der Waals surface area contributed by atoms with E-state index in [-0.39, 0.29) is 6.04 Å². The molecule has 128 valence electrons. The number of nitrogens with zero attached hydrogens (tertiary/aromatic N) is 1. The Morgan fingerprint density at radius 2 is 1.83 bits per heavy atom.